The molecular formula is C13H12ClF3N3OP. The Labute approximate surface area is 130 Å². The monoisotopic (exact) mass is 349 g/mol. The maximum absolute atomic E-state index is 12.6. The molecule has 1 aromatic carbocycles. The van der Waals surface area contributed by atoms with Gasteiger partial charge in [0.05, 0.1) is 5.69 Å². The summed E-state index contributed by atoms with van der Waals surface area (Å²) in [5, 5.41) is 2.61. The van der Waals surface area contributed by atoms with Crippen LogP contribution in [0.15, 0.2) is 30.5 Å². The first kappa shape index (κ1) is 16.8. The van der Waals surface area contributed by atoms with Crippen molar-refractivity contribution in [1.82, 2.24) is 9.97 Å². The summed E-state index contributed by atoms with van der Waals surface area (Å²) in [5.74, 6) is -0.0982. The van der Waals surface area contributed by atoms with E-state index in [4.69, 9.17) is 11.6 Å². The highest BCUT2D eigenvalue weighted by molar-refractivity contribution is 7.70. The summed E-state index contributed by atoms with van der Waals surface area (Å²) in [4.78, 5) is 7.20. The van der Waals surface area contributed by atoms with Crippen LogP contribution in [0.1, 0.15) is 5.56 Å². The van der Waals surface area contributed by atoms with E-state index >= 15 is 0 Å². The molecule has 0 aliphatic carbocycles. The van der Waals surface area contributed by atoms with Gasteiger partial charge in [-0.15, -0.1) is 0 Å². The highest BCUT2D eigenvalue weighted by Crippen LogP contribution is 2.38. The van der Waals surface area contributed by atoms with E-state index in [-0.39, 0.29) is 5.95 Å². The lowest BCUT2D eigenvalue weighted by molar-refractivity contribution is -0.137. The lowest BCUT2D eigenvalue weighted by atomic mass is 10.3. The number of hydrogen-bond acceptors (Lipinski definition) is 4. The number of halogens is 4. The third kappa shape index (κ3) is 3.78. The second-order valence-corrected chi connectivity index (χ2v) is 8.43. The van der Waals surface area contributed by atoms with E-state index in [2.05, 4.69) is 15.3 Å². The fourth-order valence-corrected chi connectivity index (χ4v) is 3.17. The number of nitrogens with zero attached hydrogens (tertiary/aromatic N) is 2. The number of nitrogens with one attached hydrogen (secondary N) is 1. The van der Waals surface area contributed by atoms with E-state index in [1.54, 1.807) is 37.6 Å². The summed E-state index contributed by atoms with van der Waals surface area (Å²) in [6, 6.07) is 6.74. The Balaban J connectivity index is 2.37. The molecule has 0 amide bonds. The first-order chi connectivity index (χ1) is 10.1. The third-order valence-electron chi connectivity index (χ3n) is 2.78. The number of anilines is 2. The van der Waals surface area contributed by atoms with Crippen molar-refractivity contribution in [3.8, 4) is 0 Å². The van der Waals surface area contributed by atoms with Gasteiger partial charge in [0.2, 0.25) is 5.95 Å². The molecule has 0 aliphatic heterocycles. The van der Waals surface area contributed by atoms with Gasteiger partial charge in [-0.1, -0.05) is 23.7 Å². The maximum Gasteiger partial charge on any atom is 0.420 e. The molecule has 0 fully saturated rings. The van der Waals surface area contributed by atoms with Crippen LogP contribution in [0.2, 0.25) is 5.15 Å². The van der Waals surface area contributed by atoms with Crippen molar-refractivity contribution in [3.05, 3.63) is 41.2 Å². The standard InChI is InChI=1S/C13H12ClF3N3OP/c1-22(2,21)10-6-4-3-5-9(10)19-12-18-7-8(11(14)20-12)13(15,16)17/h3-7H,1-2H3,(H,18,19,20). The summed E-state index contributed by atoms with van der Waals surface area (Å²) >= 11 is 5.54. The minimum absolute atomic E-state index is 0.0982. The SMILES string of the molecule is CP(C)(=O)c1ccccc1Nc1ncc(C(F)(F)F)c(Cl)n1. The average molecular weight is 350 g/mol. The van der Waals surface area contributed by atoms with E-state index in [9.17, 15) is 17.7 Å². The van der Waals surface area contributed by atoms with Crippen LogP contribution in [0, 0.1) is 0 Å². The number of benzene rings is 1. The molecule has 0 radical (unpaired) electrons. The van der Waals surface area contributed by atoms with Crippen molar-refractivity contribution < 1.29 is 17.7 Å². The van der Waals surface area contributed by atoms with Gasteiger partial charge in [-0.2, -0.15) is 13.2 Å². The zero-order valence-electron chi connectivity index (χ0n) is 11.6. The molecule has 22 heavy (non-hydrogen) atoms. The van der Waals surface area contributed by atoms with Crippen LogP contribution < -0.4 is 10.6 Å². The highest BCUT2D eigenvalue weighted by atomic mass is 35.5. The largest absolute Gasteiger partial charge is 0.420 e. The summed E-state index contributed by atoms with van der Waals surface area (Å²) in [6.45, 7) is 3.18. The molecular weight excluding hydrogens is 338 g/mol. The lowest BCUT2D eigenvalue weighted by Crippen LogP contribution is -2.12. The molecule has 0 saturated heterocycles. The van der Waals surface area contributed by atoms with E-state index < -0.39 is 24.0 Å². The summed E-state index contributed by atoms with van der Waals surface area (Å²) in [7, 11) is -2.57. The fourth-order valence-electron chi connectivity index (χ4n) is 1.78. The van der Waals surface area contributed by atoms with Crippen molar-refractivity contribution in [2.24, 2.45) is 0 Å². The zero-order valence-corrected chi connectivity index (χ0v) is 13.3. The van der Waals surface area contributed by atoms with E-state index in [0.29, 0.717) is 17.2 Å². The molecule has 0 bridgehead atoms. The molecule has 0 unspecified atom stereocenters. The molecule has 118 valence electrons. The Bertz CT molecular complexity index is 746. The topological polar surface area (TPSA) is 54.9 Å². The number of para-hydroxylation sites is 1. The molecule has 0 saturated carbocycles. The quantitative estimate of drug-likeness (QED) is 0.668. The molecule has 0 spiro atoms. The van der Waals surface area contributed by atoms with Gasteiger partial charge < -0.3 is 9.88 Å². The van der Waals surface area contributed by atoms with Crippen LogP contribution >= 0.6 is 18.7 Å². The smallest absolute Gasteiger partial charge is 0.323 e. The molecule has 0 atom stereocenters. The lowest BCUT2D eigenvalue weighted by Gasteiger charge is -2.14. The van der Waals surface area contributed by atoms with Gasteiger partial charge in [-0.05, 0) is 25.5 Å². The van der Waals surface area contributed by atoms with E-state index in [0.717, 1.165) is 0 Å². The van der Waals surface area contributed by atoms with Crippen molar-refractivity contribution in [3.63, 3.8) is 0 Å². The van der Waals surface area contributed by atoms with Crippen LogP contribution in [0.25, 0.3) is 0 Å². The van der Waals surface area contributed by atoms with Crippen molar-refractivity contribution in [1.29, 1.82) is 0 Å². The van der Waals surface area contributed by atoms with Gasteiger partial charge in [0.1, 0.15) is 17.9 Å². The Morgan fingerprint density at radius 3 is 2.41 bits per heavy atom. The molecule has 0 aliphatic rings. The fraction of sp³-hybridized carbons (Fsp3) is 0.231. The number of rotatable bonds is 3. The number of aromatic nitrogens is 2. The predicted molar refractivity (Wildman–Crippen MR) is 80.9 cm³/mol. The van der Waals surface area contributed by atoms with Crippen LogP contribution in [-0.4, -0.2) is 23.3 Å². The maximum atomic E-state index is 12.6. The van der Waals surface area contributed by atoms with E-state index in [1.807, 2.05) is 0 Å². The van der Waals surface area contributed by atoms with Crippen LogP contribution in [0.4, 0.5) is 24.8 Å². The molecule has 2 rings (SSSR count). The Morgan fingerprint density at radius 2 is 1.86 bits per heavy atom. The summed E-state index contributed by atoms with van der Waals surface area (Å²) < 4.78 is 50.0. The van der Waals surface area contributed by atoms with Crippen LogP contribution in [0.5, 0.6) is 0 Å². The Hall–Kier alpha value is -1.59. The van der Waals surface area contributed by atoms with Crippen molar-refractivity contribution in [2.75, 3.05) is 18.6 Å². The van der Waals surface area contributed by atoms with Crippen LogP contribution in [0.3, 0.4) is 0 Å². The van der Waals surface area contributed by atoms with Gasteiger partial charge >= 0.3 is 6.18 Å². The van der Waals surface area contributed by atoms with Crippen LogP contribution in [-0.2, 0) is 10.7 Å². The zero-order chi connectivity index (χ0) is 16.5. The minimum Gasteiger partial charge on any atom is -0.323 e. The molecule has 9 heteroatoms. The molecule has 2 aromatic rings. The van der Waals surface area contributed by atoms with Gasteiger partial charge in [0.25, 0.3) is 0 Å². The first-order valence-corrected chi connectivity index (χ1v) is 9.08. The van der Waals surface area contributed by atoms with Gasteiger partial charge in [0, 0.05) is 11.5 Å². The summed E-state index contributed by atoms with van der Waals surface area (Å²) in [5.41, 5.74) is -0.642. The first-order valence-electron chi connectivity index (χ1n) is 6.10. The minimum atomic E-state index is -4.62. The second kappa shape index (κ2) is 5.89. The highest BCUT2D eigenvalue weighted by Gasteiger charge is 2.34. The van der Waals surface area contributed by atoms with Crippen molar-refractivity contribution in [2.45, 2.75) is 6.18 Å². The number of hydrogen-bond donors (Lipinski definition) is 1. The third-order valence-corrected chi connectivity index (χ3v) is 4.62. The average Bonchev–Trinajstić information content (AvgIpc) is 2.36. The van der Waals surface area contributed by atoms with Crippen molar-refractivity contribution >= 4 is 35.7 Å². The molecule has 1 N–H and O–H groups in total. The van der Waals surface area contributed by atoms with Gasteiger partial charge in [0.15, 0.2) is 0 Å². The molecule has 1 heterocycles. The predicted octanol–water partition coefficient (Wildman–Crippen LogP) is 4.14. The van der Waals surface area contributed by atoms with Gasteiger partial charge in [-0.25, -0.2) is 9.97 Å². The Kier molecular flexibility index (Phi) is 4.49. The Morgan fingerprint density at radius 1 is 1.23 bits per heavy atom. The van der Waals surface area contributed by atoms with E-state index in [1.165, 1.54) is 0 Å². The normalized spacial score (nSPS) is 12.3. The molecule has 1 aromatic heterocycles. The number of alkyl halides is 3. The van der Waals surface area contributed by atoms with Gasteiger partial charge in [-0.3, -0.25) is 0 Å². The summed E-state index contributed by atoms with van der Waals surface area (Å²) in [6.07, 6.45) is -4.01. The second-order valence-electron chi connectivity index (χ2n) is 4.89. The molecule has 4 nitrogen and oxygen atoms in total.